The highest BCUT2D eigenvalue weighted by Gasteiger charge is 2.61. The van der Waals surface area contributed by atoms with E-state index >= 15 is 0 Å². The molecule has 0 spiro atoms. The Bertz CT molecular complexity index is 2280. The van der Waals surface area contributed by atoms with Crippen molar-refractivity contribution in [3.05, 3.63) is 74.8 Å². The molecule has 7 heterocycles. The van der Waals surface area contributed by atoms with Gasteiger partial charge in [0.2, 0.25) is 6.79 Å². The fourth-order valence-electron chi connectivity index (χ4n) is 9.87. The SMILES string of the molecule is COCOc1c(OC)c(C)cc2c1[C@@H]1C3[C@@H]4SC[C@H](N5C(=O)c6ccccc6C5=O)C(=O)OC[C@H](c5c6c(c(C)c(OC(C)=O)c54)OCO6)N3[C@@H](C#N)[C@H](C2)N1C. The van der Waals surface area contributed by atoms with E-state index in [0.717, 1.165) is 21.6 Å². The number of methoxy groups -OCH3 is 2. The Morgan fingerprint density at radius 3 is 2.35 bits per heavy atom. The predicted molar refractivity (Wildman–Crippen MR) is 201 cm³/mol. The predicted octanol–water partition coefficient (Wildman–Crippen LogP) is 4.17. The number of ether oxygens (including phenoxy) is 7. The summed E-state index contributed by atoms with van der Waals surface area (Å²) in [5, 5.41) is 10.5. The van der Waals surface area contributed by atoms with Gasteiger partial charge in [-0.25, -0.2) is 4.79 Å². The number of amides is 2. The lowest BCUT2D eigenvalue weighted by atomic mass is 9.71. The van der Waals surface area contributed by atoms with E-state index in [9.17, 15) is 24.4 Å². The number of carbonyl (C=O) groups is 4. The van der Waals surface area contributed by atoms with Crippen molar-refractivity contribution in [1.82, 2.24) is 14.7 Å². The number of rotatable bonds is 6. The lowest BCUT2D eigenvalue weighted by Gasteiger charge is -2.62. The average molecular weight is 797 g/mol. The largest absolute Gasteiger partial charge is 0.493 e. The summed E-state index contributed by atoms with van der Waals surface area (Å²) in [6, 6.07) is 6.97. The van der Waals surface area contributed by atoms with Gasteiger partial charge in [0, 0.05) is 54.1 Å². The highest BCUT2D eigenvalue weighted by Crippen LogP contribution is 2.64. The molecule has 1 unspecified atom stereocenters. The third kappa shape index (κ3) is 5.36. The van der Waals surface area contributed by atoms with Gasteiger partial charge in [0.05, 0.1) is 41.6 Å². The lowest BCUT2D eigenvalue weighted by molar-refractivity contribution is -0.153. The minimum absolute atomic E-state index is 0.0534. The number of hydrogen-bond acceptors (Lipinski definition) is 15. The van der Waals surface area contributed by atoms with Crippen LogP contribution in [0.15, 0.2) is 30.3 Å². The first-order chi connectivity index (χ1) is 27.5. The number of nitriles is 1. The van der Waals surface area contributed by atoms with Gasteiger partial charge in [-0.3, -0.25) is 29.1 Å². The zero-order valence-electron chi connectivity index (χ0n) is 32.2. The Morgan fingerprint density at radius 2 is 1.68 bits per heavy atom. The van der Waals surface area contributed by atoms with Crippen LogP contribution in [0.1, 0.15) is 78.4 Å². The number of thioether (sulfide) groups is 1. The van der Waals surface area contributed by atoms with Gasteiger partial charge < -0.3 is 33.2 Å². The molecule has 2 amide bonds. The van der Waals surface area contributed by atoms with Crippen LogP contribution in [-0.2, 0) is 25.5 Å². The maximum absolute atomic E-state index is 14.3. The highest BCUT2D eigenvalue weighted by molar-refractivity contribution is 7.99. The maximum Gasteiger partial charge on any atom is 0.330 e. The first kappa shape index (κ1) is 37.2. The third-order valence-corrected chi connectivity index (χ3v) is 13.5. The maximum atomic E-state index is 14.3. The van der Waals surface area contributed by atoms with E-state index in [1.807, 2.05) is 14.0 Å². The molecule has 7 atom stereocenters. The molecule has 3 aromatic rings. The molecule has 10 rings (SSSR count). The zero-order valence-corrected chi connectivity index (χ0v) is 33.0. The molecule has 3 aromatic carbocycles. The molecule has 0 N–H and O–H groups in total. The number of likely N-dealkylation sites (N-methyl/N-ethyl adjacent to an activating group) is 1. The van der Waals surface area contributed by atoms with Crippen LogP contribution in [0.25, 0.3) is 0 Å². The first-order valence-corrected chi connectivity index (χ1v) is 19.7. The van der Waals surface area contributed by atoms with Gasteiger partial charge in [0.15, 0.2) is 29.8 Å². The molecule has 0 aliphatic carbocycles. The smallest absolute Gasteiger partial charge is 0.330 e. The molecular formula is C41H40N4O11S. The molecule has 0 radical (unpaired) electrons. The van der Waals surface area contributed by atoms with Gasteiger partial charge in [0.25, 0.3) is 11.8 Å². The molecule has 4 bridgehead atoms. The van der Waals surface area contributed by atoms with Gasteiger partial charge in [0.1, 0.15) is 24.4 Å². The Kier molecular flexibility index (Phi) is 9.11. The molecule has 7 aliphatic heterocycles. The number of nitrogens with zero attached hydrogens (tertiary/aromatic N) is 4. The summed E-state index contributed by atoms with van der Waals surface area (Å²) in [5.41, 5.74) is 4.87. The third-order valence-electron chi connectivity index (χ3n) is 12.1. The van der Waals surface area contributed by atoms with Gasteiger partial charge >= 0.3 is 11.9 Å². The van der Waals surface area contributed by atoms with Crippen molar-refractivity contribution in [2.75, 3.05) is 47.2 Å². The minimum atomic E-state index is -1.30. The summed E-state index contributed by atoms with van der Waals surface area (Å²) in [6.07, 6.45) is 0.501. The number of imide groups is 1. The van der Waals surface area contributed by atoms with E-state index in [-0.39, 0.29) is 48.9 Å². The molecule has 0 saturated carbocycles. The van der Waals surface area contributed by atoms with E-state index < -0.39 is 59.2 Å². The van der Waals surface area contributed by atoms with Crippen LogP contribution in [-0.4, -0.2) is 110 Å². The monoisotopic (exact) mass is 796 g/mol. The number of hydrogen-bond donors (Lipinski definition) is 0. The summed E-state index contributed by atoms with van der Waals surface area (Å²) < 4.78 is 42.2. The van der Waals surface area contributed by atoms with Crippen molar-refractivity contribution >= 4 is 35.5 Å². The second kappa shape index (κ2) is 13.9. The second-order valence-corrected chi connectivity index (χ2v) is 16.1. The number of esters is 2. The summed E-state index contributed by atoms with van der Waals surface area (Å²) in [6.45, 7) is 4.64. The topological polar surface area (TPSA) is 166 Å². The fraction of sp³-hybridized carbons (Fsp3) is 0.439. The number of benzene rings is 3. The molecule has 57 heavy (non-hydrogen) atoms. The van der Waals surface area contributed by atoms with Crippen molar-refractivity contribution in [1.29, 1.82) is 5.26 Å². The molecule has 0 aromatic heterocycles. The van der Waals surface area contributed by atoms with E-state index in [1.165, 1.54) is 18.7 Å². The van der Waals surface area contributed by atoms with Gasteiger partial charge in [-0.1, -0.05) is 18.2 Å². The zero-order chi connectivity index (χ0) is 40.0. The second-order valence-electron chi connectivity index (χ2n) is 15.0. The van der Waals surface area contributed by atoms with Crippen LogP contribution >= 0.6 is 11.8 Å². The van der Waals surface area contributed by atoms with Crippen molar-refractivity contribution < 1.29 is 52.3 Å². The summed E-state index contributed by atoms with van der Waals surface area (Å²) in [4.78, 5) is 60.3. The number of aryl methyl sites for hydroxylation is 1. The summed E-state index contributed by atoms with van der Waals surface area (Å²) in [5.74, 6) is -0.418. The summed E-state index contributed by atoms with van der Waals surface area (Å²) in [7, 11) is 5.12. The normalized spacial score (nSPS) is 27.1. The first-order valence-electron chi connectivity index (χ1n) is 18.6. The van der Waals surface area contributed by atoms with E-state index in [4.69, 9.17) is 33.2 Å². The number of piperazine rings is 1. The molecule has 15 nitrogen and oxygen atoms in total. The van der Waals surface area contributed by atoms with E-state index in [1.54, 1.807) is 45.4 Å². The molecular weight excluding hydrogens is 757 g/mol. The van der Waals surface area contributed by atoms with Gasteiger partial charge in [-0.15, -0.1) is 11.8 Å². The minimum Gasteiger partial charge on any atom is -0.493 e. The van der Waals surface area contributed by atoms with Crippen molar-refractivity contribution in [2.24, 2.45) is 0 Å². The molecule has 7 aliphatic rings. The van der Waals surface area contributed by atoms with Crippen LogP contribution in [0.3, 0.4) is 0 Å². The quantitative estimate of drug-likeness (QED) is 0.151. The van der Waals surface area contributed by atoms with Crippen LogP contribution in [0.5, 0.6) is 28.7 Å². The highest BCUT2D eigenvalue weighted by atomic mass is 32.2. The number of carbonyl (C=O) groups excluding carboxylic acids is 4. The van der Waals surface area contributed by atoms with Crippen molar-refractivity contribution in [3.63, 3.8) is 0 Å². The van der Waals surface area contributed by atoms with Crippen LogP contribution < -0.4 is 23.7 Å². The van der Waals surface area contributed by atoms with Crippen molar-refractivity contribution in [2.45, 2.75) is 68.7 Å². The molecule has 2 saturated heterocycles. The van der Waals surface area contributed by atoms with Gasteiger partial charge in [-0.2, -0.15) is 5.26 Å². The molecule has 16 heteroatoms. The molecule has 296 valence electrons. The van der Waals surface area contributed by atoms with E-state index in [2.05, 4.69) is 21.9 Å². The Labute approximate surface area is 332 Å². The lowest BCUT2D eigenvalue weighted by Crippen LogP contribution is -2.69. The molecule has 2 fully saturated rings. The van der Waals surface area contributed by atoms with E-state index in [0.29, 0.717) is 46.1 Å². The van der Waals surface area contributed by atoms with Gasteiger partial charge in [-0.05, 0) is 50.6 Å². The average Bonchev–Trinajstić information content (AvgIpc) is 3.78. The Hall–Kier alpha value is -5.34. The summed E-state index contributed by atoms with van der Waals surface area (Å²) >= 11 is 1.32. The van der Waals surface area contributed by atoms with Crippen LogP contribution in [0.2, 0.25) is 0 Å². The van der Waals surface area contributed by atoms with Crippen LogP contribution in [0, 0.1) is 25.2 Å². The van der Waals surface area contributed by atoms with Crippen LogP contribution in [0.4, 0.5) is 0 Å². The Balaban J connectivity index is 1.30. The fourth-order valence-corrected chi connectivity index (χ4v) is 11.4. The van der Waals surface area contributed by atoms with Crippen molar-refractivity contribution in [3.8, 4) is 34.8 Å². The standard InChI is InChI=1S/C41H40N4O11S/c1-18-11-21-12-24-25(13-42)44-26-14-52-41(49)27(45-39(47)22-9-7-8-10-23(22)40(45)48)15-57-38(30-29(26)37-35(54-17-55-37)19(2)34(30)56-20(3)46)32(44)31(43(24)4)28(21)36(33(18)51-6)53-16-50-5/h7-11,24-27,31-32,38H,12,14-17H2,1-6H3/t24-,25-,26+,27-,31+,32?,38+/m0/s1. The number of fused-ring (bicyclic) bond motifs is 11. The Morgan fingerprint density at radius 1 is 0.965 bits per heavy atom.